The summed E-state index contributed by atoms with van der Waals surface area (Å²) in [6.45, 7) is 35.1. The molecule has 12 heteroatoms. The van der Waals surface area contributed by atoms with Crippen molar-refractivity contribution in [3.05, 3.63) is 124 Å². The molecule has 0 bridgehead atoms. The van der Waals surface area contributed by atoms with Crippen LogP contribution in [0.4, 0.5) is 17.1 Å². The molecule has 4 rings (SSSR count). The predicted molar refractivity (Wildman–Crippen MR) is 294 cm³/mol. The average molecular weight is 985 g/mol. The Hall–Kier alpha value is -6.30. The van der Waals surface area contributed by atoms with Crippen molar-refractivity contribution in [1.29, 1.82) is 0 Å². The number of nitrogens with one attached hydrogen (secondary N) is 3. The fourth-order valence-electron chi connectivity index (χ4n) is 10.3. The van der Waals surface area contributed by atoms with Crippen LogP contribution in [0.3, 0.4) is 0 Å². The summed E-state index contributed by atoms with van der Waals surface area (Å²) < 4.78 is 0. The molecule has 4 aromatic carbocycles. The lowest BCUT2D eigenvalue weighted by atomic mass is 9.82. The molecule has 0 aliphatic carbocycles. The first-order valence-electron chi connectivity index (χ1n) is 25.1. The van der Waals surface area contributed by atoms with Crippen LogP contribution in [0.25, 0.3) is 0 Å². The van der Waals surface area contributed by atoms with E-state index in [-0.39, 0.29) is 52.6 Å². The van der Waals surface area contributed by atoms with Gasteiger partial charge in [0.1, 0.15) is 19.6 Å². The number of hydrogen-bond donors (Lipinski definition) is 3. The van der Waals surface area contributed by atoms with E-state index in [1.54, 1.807) is 36.4 Å². The van der Waals surface area contributed by atoms with Crippen LogP contribution in [0, 0.1) is 37.0 Å². The standard InChI is InChI=1S/C60H84N6O6/c1-40-19-25-46(26-20-40)64(34-49(67)61-58(13,14)37-55(4,5)6)52(70)43-31-44(53(71)65(47-27-21-41(2)22-28-47)35-50(68)62-59(15,16)38-56(7,8)9)33-45(32-43)54(72)66(48-29-23-42(3)24-30-48)36-51(69)63-60(17,18)39-57(10,11)12/h19-33H,34-39H2,1-18H3,(H,61,67)(H,62,68)(H,63,69). The topological polar surface area (TPSA) is 148 Å². The van der Waals surface area contributed by atoms with Crippen molar-refractivity contribution in [3.63, 3.8) is 0 Å². The molecule has 4 aromatic rings. The third kappa shape index (κ3) is 18.4. The first-order chi connectivity index (χ1) is 32.9. The Balaban J connectivity index is 1.96. The Morgan fingerprint density at radius 1 is 0.347 bits per heavy atom. The van der Waals surface area contributed by atoms with Gasteiger partial charge in [-0.15, -0.1) is 0 Å². The number of carbonyl (C=O) groups is 6. The molecule has 72 heavy (non-hydrogen) atoms. The van der Waals surface area contributed by atoms with Crippen molar-refractivity contribution >= 4 is 52.5 Å². The zero-order valence-corrected chi connectivity index (χ0v) is 46.7. The molecule has 0 aromatic heterocycles. The molecule has 0 saturated heterocycles. The second-order valence-electron chi connectivity index (χ2n) is 25.5. The molecule has 0 aliphatic rings. The van der Waals surface area contributed by atoms with E-state index in [0.717, 1.165) is 16.7 Å². The van der Waals surface area contributed by atoms with E-state index in [4.69, 9.17) is 0 Å². The van der Waals surface area contributed by atoms with Crippen molar-refractivity contribution in [2.45, 2.75) is 161 Å². The molecule has 0 atom stereocenters. The summed E-state index contributed by atoms with van der Waals surface area (Å²) >= 11 is 0. The van der Waals surface area contributed by atoms with E-state index in [0.29, 0.717) is 36.3 Å². The van der Waals surface area contributed by atoms with E-state index in [2.05, 4.69) is 78.3 Å². The fraction of sp³-hybridized carbons (Fsp3) is 0.500. The summed E-state index contributed by atoms with van der Waals surface area (Å²) in [5.41, 5.74) is 1.70. The monoisotopic (exact) mass is 985 g/mol. The van der Waals surface area contributed by atoms with Gasteiger partial charge in [-0.3, -0.25) is 43.5 Å². The minimum absolute atomic E-state index is 0.0641. The molecule has 0 aliphatic heterocycles. The molecular formula is C60H84N6O6. The summed E-state index contributed by atoms with van der Waals surface area (Å²) in [5, 5.41) is 9.38. The average Bonchev–Trinajstić information content (AvgIpc) is 3.20. The van der Waals surface area contributed by atoms with E-state index in [1.807, 2.05) is 98.7 Å². The summed E-state index contributed by atoms with van der Waals surface area (Å²) in [7, 11) is 0. The number of carbonyl (C=O) groups excluding carboxylic acids is 6. The number of nitrogens with zero attached hydrogens (tertiary/aromatic N) is 3. The maximum Gasteiger partial charge on any atom is 0.258 e. The van der Waals surface area contributed by atoms with Gasteiger partial charge in [-0.2, -0.15) is 0 Å². The maximum atomic E-state index is 15.3. The van der Waals surface area contributed by atoms with Crippen molar-refractivity contribution in [3.8, 4) is 0 Å². The number of hydrogen-bond acceptors (Lipinski definition) is 6. The van der Waals surface area contributed by atoms with Crippen molar-refractivity contribution in [2.75, 3.05) is 34.3 Å². The Morgan fingerprint density at radius 2 is 0.542 bits per heavy atom. The molecule has 3 N–H and O–H groups in total. The highest BCUT2D eigenvalue weighted by Crippen LogP contribution is 2.31. The highest BCUT2D eigenvalue weighted by molar-refractivity contribution is 6.16. The molecule has 12 nitrogen and oxygen atoms in total. The minimum Gasteiger partial charge on any atom is -0.350 e. The second kappa shape index (κ2) is 22.6. The van der Waals surface area contributed by atoms with Gasteiger partial charge in [0.25, 0.3) is 17.7 Å². The lowest BCUT2D eigenvalue weighted by molar-refractivity contribution is -0.122. The molecule has 0 fully saturated rings. The van der Waals surface area contributed by atoms with E-state index in [1.165, 1.54) is 32.9 Å². The Morgan fingerprint density at radius 3 is 0.722 bits per heavy atom. The minimum atomic E-state index is -0.654. The molecule has 390 valence electrons. The Bertz CT molecular complexity index is 2280. The van der Waals surface area contributed by atoms with Gasteiger partial charge < -0.3 is 16.0 Å². The van der Waals surface area contributed by atoms with Crippen molar-refractivity contribution < 1.29 is 28.8 Å². The number of amides is 6. The van der Waals surface area contributed by atoms with Crippen LogP contribution < -0.4 is 30.7 Å². The quantitative estimate of drug-likeness (QED) is 0.0904. The van der Waals surface area contributed by atoms with Gasteiger partial charge in [0.05, 0.1) is 0 Å². The molecule has 0 spiro atoms. The van der Waals surface area contributed by atoms with Gasteiger partial charge in [-0.1, -0.05) is 115 Å². The lowest BCUT2D eigenvalue weighted by Crippen LogP contribution is -2.50. The normalized spacial score (nSPS) is 12.4. The van der Waals surface area contributed by atoms with Gasteiger partial charge in [0, 0.05) is 50.4 Å². The Kier molecular flexibility index (Phi) is 18.3. The van der Waals surface area contributed by atoms with Gasteiger partial charge in [-0.25, -0.2) is 0 Å². The lowest BCUT2D eigenvalue weighted by Gasteiger charge is -2.34. The summed E-state index contributed by atoms with van der Waals surface area (Å²) in [4.78, 5) is 92.2. The largest absolute Gasteiger partial charge is 0.350 e. The van der Waals surface area contributed by atoms with Crippen molar-refractivity contribution in [2.24, 2.45) is 16.2 Å². The van der Waals surface area contributed by atoms with Crippen LogP contribution in [0.15, 0.2) is 91.0 Å². The number of benzene rings is 4. The van der Waals surface area contributed by atoms with Gasteiger partial charge in [0.2, 0.25) is 17.7 Å². The number of aryl methyl sites for hydroxylation is 3. The van der Waals surface area contributed by atoms with Crippen LogP contribution in [0.5, 0.6) is 0 Å². The number of rotatable bonds is 18. The first-order valence-corrected chi connectivity index (χ1v) is 25.1. The summed E-state index contributed by atoms with van der Waals surface area (Å²) in [5.74, 6) is -3.17. The van der Waals surface area contributed by atoms with Gasteiger partial charge in [-0.05, 0) is 152 Å². The molecular weight excluding hydrogens is 901 g/mol. The van der Waals surface area contributed by atoms with E-state index < -0.39 is 52.1 Å². The molecule has 6 amide bonds. The van der Waals surface area contributed by atoms with Crippen LogP contribution in [-0.4, -0.2) is 71.7 Å². The summed E-state index contributed by atoms with van der Waals surface area (Å²) in [6.07, 6.45) is 1.98. The first kappa shape index (κ1) is 58.3. The van der Waals surface area contributed by atoms with Crippen molar-refractivity contribution in [1.82, 2.24) is 16.0 Å². The fourth-order valence-corrected chi connectivity index (χ4v) is 10.3. The molecule has 0 saturated carbocycles. The zero-order chi connectivity index (χ0) is 54.4. The highest BCUT2D eigenvalue weighted by atomic mass is 16.2. The zero-order valence-electron chi connectivity index (χ0n) is 46.7. The third-order valence-corrected chi connectivity index (χ3v) is 11.7. The second-order valence-corrected chi connectivity index (χ2v) is 25.5. The van der Waals surface area contributed by atoms with Gasteiger partial charge in [0.15, 0.2) is 0 Å². The molecule has 0 heterocycles. The predicted octanol–water partition coefficient (Wildman–Crippen LogP) is 11.5. The smallest absolute Gasteiger partial charge is 0.258 e. The van der Waals surface area contributed by atoms with E-state index >= 15 is 14.4 Å². The summed E-state index contributed by atoms with van der Waals surface area (Å²) in [6, 6.07) is 25.8. The maximum absolute atomic E-state index is 15.3. The van der Waals surface area contributed by atoms with Crippen LogP contribution >= 0.6 is 0 Å². The van der Waals surface area contributed by atoms with Crippen LogP contribution in [0.1, 0.15) is 171 Å². The van der Waals surface area contributed by atoms with Gasteiger partial charge >= 0.3 is 0 Å². The van der Waals surface area contributed by atoms with E-state index in [9.17, 15) is 14.4 Å². The number of anilines is 3. The molecule has 0 radical (unpaired) electrons. The van der Waals surface area contributed by atoms with Crippen LogP contribution in [-0.2, 0) is 14.4 Å². The Labute approximate surface area is 431 Å². The highest BCUT2D eigenvalue weighted by Gasteiger charge is 2.34. The SMILES string of the molecule is Cc1ccc(N(CC(=O)NC(C)(C)CC(C)(C)C)C(=O)c2cc(C(=O)N(CC(=O)NC(C)(C)CC(C)(C)C)c3ccc(C)cc3)cc(C(=O)N(CC(=O)NC(C)(C)CC(C)(C)C)c3ccc(C)cc3)c2)cc1. The van der Waals surface area contributed by atoms with Crippen LogP contribution in [0.2, 0.25) is 0 Å². The molecule has 0 unspecified atom stereocenters. The third-order valence-electron chi connectivity index (χ3n) is 11.7.